The van der Waals surface area contributed by atoms with E-state index in [4.69, 9.17) is 4.74 Å². The summed E-state index contributed by atoms with van der Waals surface area (Å²) in [5, 5.41) is 6.29. The molecular formula is C14H20N2O2. The van der Waals surface area contributed by atoms with Crippen LogP contribution in [0.2, 0.25) is 0 Å². The van der Waals surface area contributed by atoms with Crippen molar-refractivity contribution in [3.63, 3.8) is 0 Å². The summed E-state index contributed by atoms with van der Waals surface area (Å²) in [7, 11) is 0. The lowest BCUT2D eigenvalue weighted by atomic mass is 10.1. The van der Waals surface area contributed by atoms with Crippen LogP contribution in [0.15, 0.2) is 30.3 Å². The summed E-state index contributed by atoms with van der Waals surface area (Å²) in [6.07, 6.45) is 3.62. The molecule has 4 heteroatoms. The third-order valence-electron chi connectivity index (χ3n) is 3.07. The Morgan fingerprint density at radius 2 is 2.17 bits per heavy atom. The second-order valence-corrected chi connectivity index (χ2v) is 4.55. The number of amides is 1. The van der Waals surface area contributed by atoms with Crippen molar-refractivity contribution in [3.05, 3.63) is 30.3 Å². The van der Waals surface area contributed by atoms with Crippen molar-refractivity contribution < 1.29 is 9.53 Å². The van der Waals surface area contributed by atoms with Gasteiger partial charge >= 0.3 is 0 Å². The summed E-state index contributed by atoms with van der Waals surface area (Å²) in [6.45, 7) is 1.83. The Labute approximate surface area is 108 Å². The van der Waals surface area contributed by atoms with Crippen LogP contribution >= 0.6 is 0 Å². The average Bonchev–Trinajstić information content (AvgIpc) is 2.45. The molecule has 0 saturated carbocycles. The predicted molar refractivity (Wildman–Crippen MR) is 70.6 cm³/mol. The molecule has 1 amide bonds. The van der Waals surface area contributed by atoms with E-state index in [2.05, 4.69) is 10.6 Å². The molecule has 0 spiro atoms. The van der Waals surface area contributed by atoms with E-state index in [0.29, 0.717) is 12.6 Å². The number of ether oxygens (including phenoxy) is 1. The van der Waals surface area contributed by atoms with Crippen molar-refractivity contribution in [2.45, 2.75) is 25.3 Å². The maximum atomic E-state index is 11.6. The highest BCUT2D eigenvalue weighted by Gasteiger charge is 2.13. The number of benzene rings is 1. The van der Waals surface area contributed by atoms with Crippen molar-refractivity contribution in [1.82, 2.24) is 10.6 Å². The Morgan fingerprint density at radius 3 is 2.89 bits per heavy atom. The first-order valence-corrected chi connectivity index (χ1v) is 6.52. The fourth-order valence-electron chi connectivity index (χ4n) is 2.05. The Morgan fingerprint density at radius 1 is 1.33 bits per heavy atom. The number of nitrogens with one attached hydrogen (secondary N) is 2. The monoisotopic (exact) mass is 248 g/mol. The minimum absolute atomic E-state index is 0.0637. The van der Waals surface area contributed by atoms with Gasteiger partial charge in [-0.2, -0.15) is 0 Å². The summed E-state index contributed by atoms with van der Waals surface area (Å²) >= 11 is 0. The lowest BCUT2D eigenvalue weighted by Crippen LogP contribution is -2.44. The van der Waals surface area contributed by atoms with Gasteiger partial charge in [0.25, 0.3) is 5.91 Å². The van der Waals surface area contributed by atoms with Gasteiger partial charge < -0.3 is 15.4 Å². The fraction of sp³-hybridized carbons (Fsp3) is 0.500. The third kappa shape index (κ3) is 4.37. The molecular weight excluding hydrogens is 228 g/mol. The minimum atomic E-state index is -0.0637. The predicted octanol–water partition coefficient (Wildman–Crippen LogP) is 1.32. The van der Waals surface area contributed by atoms with Crippen molar-refractivity contribution in [2.24, 2.45) is 0 Å². The van der Waals surface area contributed by atoms with E-state index in [1.165, 1.54) is 12.8 Å². The summed E-state index contributed by atoms with van der Waals surface area (Å²) in [6, 6.07) is 9.80. The van der Waals surface area contributed by atoms with E-state index < -0.39 is 0 Å². The highest BCUT2D eigenvalue weighted by molar-refractivity contribution is 5.77. The van der Waals surface area contributed by atoms with Gasteiger partial charge in [-0.15, -0.1) is 0 Å². The maximum Gasteiger partial charge on any atom is 0.257 e. The normalized spacial score (nSPS) is 19.2. The second-order valence-electron chi connectivity index (χ2n) is 4.55. The number of hydrogen-bond donors (Lipinski definition) is 2. The highest BCUT2D eigenvalue weighted by atomic mass is 16.5. The molecule has 2 rings (SSSR count). The number of rotatable bonds is 5. The molecule has 2 N–H and O–H groups in total. The SMILES string of the molecule is O=C(COc1ccccc1)NCC1CCCCN1. The molecule has 1 aromatic carbocycles. The quantitative estimate of drug-likeness (QED) is 0.826. The highest BCUT2D eigenvalue weighted by Crippen LogP contribution is 2.08. The maximum absolute atomic E-state index is 11.6. The van der Waals surface area contributed by atoms with Crippen LogP contribution < -0.4 is 15.4 Å². The number of carbonyl (C=O) groups excluding carboxylic acids is 1. The zero-order valence-electron chi connectivity index (χ0n) is 10.5. The molecule has 1 heterocycles. The lowest BCUT2D eigenvalue weighted by Gasteiger charge is -2.23. The molecule has 1 unspecified atom stereocenters. The van der Waals surface area contributed by atoms with E-state index >= 15 is 0 Å². The number of para-hydroxylation sites is 1. The smallest absolute Gasteiger partial charge is 0.257 e. The topological polar surface area (TPSA) is 50.4 Å². The Hall–Kier alpha value is -1.55. The molecule has 1 fully saturated rings. The van der Waals surface area contributed by atoms with Gasteiger partial charge in [0.2, 0.25) is 0 Å². The molecule has 1 saturated heterocycles. The van der Waals surface area contributed by atoms with Crippen LogP contribution in [0.25, 0.3) is 0 Å². The first kappa shape index (κ1) is 12.9. The zero-order valence-corrected chi connectivity index (χ0v) is 10.5. The molecule has 1 aromatic rings. The Balaban J connectivity index is 1.63. The van der Waals surface area contributed by atoms with Gasteiger partial charge in [-0.1, -0.05) is 24.6 Å². The molecule has 0 bridgehead atoms. The summed E-state index contributed by atoms with van der Waals surface area (Å²) < 4.78 is 5.38. The van der Waals surface area contributed by atoms with Gasteiger partial charge in [0.15, 0.2) is 6.61 Å². The van der Waals surface area contributed by atoms with Crippen molar-refractivity contribution in [1.29, 1.82) is 0 Å². The standard InChI is InChI=1S/C14H20N2O2/c17-14(11-18-13-7-2-1-3-8-13)16-10-12-6-4-5-9-15-12/h1-3,7-8,12,15H,4-6,9-11H2,(H,16,17). The molecule has 4 nitrogen and oxygen atoms in total. The van der Waals surface area contributed by atoms with Crippen LogP contribution in [0.3, 0.4) is 0 Å². The second kappa shape index (κ2) is 7.01. The third-order valence-corrected chi connectivity index (χ3v) is 3.07. The average molecular weight is 248 g/mol. The molecule has 1 aliphatic rings. The first-order valence-electron chi connectivity index (χ1n) is 6.52. The van der Waals surface area contributed by atoms with E-state index in [9.17, 15) is 4.79 Å². The molecule has 98 valence electrons. The van der Waals surface area contributed by atoms with Gasteiger partial charge in [0.05, 0.1) is 0 Å². The summed E-state index contributed by atoms with van der Waals surface area (Å²) in [5.74, 6) is 0.662. The summed E-state index contributed by atoms with van der Waals surface area (Å²) in [4.78, 5) is 11.6. The minimum Gasteiger partial charge on any atom is -0.484 e. The molecule has 18 heavy (non-hydrogen) atoms. The number of piperidine rings is 1. The zero-order chi connectivity index (χ0) is 12.6. The molecule has 1 atom stereocenters. The van der Waals surface area contributed by atoms with Gasteiger partial charge in [-0.25, -0.2) is 0 Å². The van der Waals surface area contributed by atoms with Crippen LogP contribution in [0.1, 0.15) is 19.3 Å². The van der Waals surface area contributed by atoms with Crippen LogP contribution in [0.5, 0.6) is 5.75 Å². The van der Waals surface area contributed by atoms with E-state index in [0.717, 1.165) is 18.7 Å². The van der Waals surface area contributed by atoms with Crippen molar-refractivity contribution >= 4 is 5.91 Å². The van der Waals surface area contributed by atoms with E-state index in [1.54, 1.807) is 0 Å². The molecule has 0 radical (unpaired) electrons. The van der Waals surface area contributed by atoms with Crippen LogP contribution in [-0.2, 0) is 4.79 Å². The summed E-state index contributed by atoms with van der Waals surface area (Å²) in [5.41, 5.74) is 0. The van der Waals surface area contributed by atoms with E-state index in [1.807, 2.05) is 30.3 Å². The largest absolute Gasteiger partial charge is 0.484 e. The van der Waals surface area contributed by atoms with Crippen LogP contribution in [0.4, 0.5) is 0 Å². The fourth-order valence-corrected chi connectivity index (χ4v) is 2.05. The van der Waals surface area contributed by atoms with Crippen LogP contribution in [-0.4, -0.2) is 31.6 Å². The number of hydrogen-bond acceptors (Lipinski definition) is 3. The van der Waals surface area contributed by atoms with Gasteiger partial charge in [0.1, 0.15) is 5.75 Å². The molecule has 0 aromatic heterocycles. The number of carbonyl (C=O) groups is 1. The van der Waals surface area contributed by atoms with Gasteiger partial charge in [-0.05, 0) is 31.5 Å². The van der Waals surface area contributed by atoms with Crippen LogP contribution in [0, 0.1) is 0 Å². The molecule has 1 aliphatic heterocycles. The van der Waals surface area contributed by atoms with E-state index in [-0.39, 0.29) is 12.5 Å². The van der Waals surface area contributed by atoms with Crippen molar-refractivity contribution in [2.75, 3.05) is 19.7 Å². The molecule has 0 aliphatic carbocycles. The van der Waals surface area contributed by atoms with Gasteiger partial charge in [0, 0.05) is 12.6 Å². The first-order chi connectivity index (χ1) is 8.84. The Kier molecular flexibility index (Phi) is 5.02. The van der Waals surface area contributed by atoms with Gasteiger partial charge in [-0.3, -0.25) is 4.79 Å². The lowest BCUT2D eigenvalue weighted by molar-refractivity contribution is -0.123. The Bertz CT molecular complexity index is 361. The van der Waals surface area contributed by atoms with Crippen molar-refractivity contribution in [3.8, 4) is 5.75 Å².